The standard InChI is InChI=1S/C16H15N3O/c1-19-12-13(8-4-2-3-7-11-17)16(18-19)14-9-5-6-10-15(14)20/h5-6,9-10,12,20H,2-3,7H2,1H3. The van der Waals surface area contributed by atoms with Crippen LogP contribution in [0, 0.1) is 23.2 Å². The molecular formula is C16H15N3O. The molecule has 0 aliphatic carbocycles. The number of aromatic nitrogens is 2. The molecule has 0 aliphatic rings. The third-order valence-corrected chi connectivity index (χ3v) is 2.80. The lowest BCUT2D eigenvalue weighted by atomic mass is 10.1. The van der Waals surface area contributed by atoms with Gasteiger partial charge in [0, 0.05) is 31.6 Å². The van der Waals surface area contributed by atoms with E-state index < -0.39 is 0 Å². The quantitative estimate of drug-likeness (QED) is 0.685. The Bertz CT molecular complexity index is 698. The second-order valence-corrected chi connectivity index (χ2v) is 4.40. The minimum atomic E-state index is 0.193. The Kier molecular flexibility index (Phi) is 4.42. The smallest absolute Gasteiger partial charge is 0.125 e. The molecule has 0 unspecified atom stereocenters. The van der Waals surface area contributed by atoms with Crippen LogP contribution in [0.4, 0.5) is 0 Å². The fourth-order valence-electron chi connectivity index (χ4n) is 1.87. The van der Waals surface area contributed by atoms with Crippen molar-refractivity contribution in [3.63, 3.8) is 0 Å². The highest BCUT2D eigenvalue weighted by Crippen LogP contribution is 2.29. The van der Waals surface area contributed by atoms with Crippen LogP contribution in [0.25, 0.3) is 11.3 Å². The normalized spacial score (nSPS) is 9.60. The van der Waals surface area contributed by atoms with Gasteiger partial charge in [-0.25, -0.2) is 0 Å². The Morgan fingerprint density at radius 3 is 2.85 bits per heavy atom. The number of aromatic hydroxyl groups is 1. The fourth-order valence-corrected chi connectivity index (χ4v) is 1.87. The molecule has 0 radical (unpaired) electrons. The van der Waals surface area contributed by atoms with Crippen molar-refractivity contribution in [3.8, 4) is 34.9 Å². The minimum Gasteiger partial charge on any atom is -0.507 e. The molecule has 4 nitrogen and oxygen atoms in total. The molecule has 4 heteroatoms. The van der Waals surface area contributed by atoms with E-state index in [-0.39, 0.29) is 5.75 Å². The average molecular weight is 265 g/mol. The number of para-hydroxylation sites is 1. The van der Waals surface area contributed by atoms with Crippen molar-refractivity contribution in [1.29, 1.82) is 5.26 Å². The molecular weight excluding hydrogens is 250 g/mol. The number of hydrogen-bond donors (Lipinski definition) is 1. The molecule has 0 saturated carbocycles. The molecule has 20 heavy (non-hydrogen) atoms. The highest BCUT2D eigenvalue weighted by molar-refractivity contribution is 5.72. The molecule has 0 amide bonds. The van der Waals surface area contributed by atoms with E-state index in [0.717, 1.165) is 12.0 Å². The zero-order valence-electron chi connectivity index (χ0n) is 11.3. The maximum atomic E-state index is 9.91. The van der Waals surface area contributed by atoms with Gasteiger partial charge in [-0.3, -0.25) is 4.68 Å². The van der Waals surface area contributed by atoms with Crippen LogP contribution in [-0.2, 0) is 7.05 Å². The van der Waals surface area contributed by atoms with Gasteiger partial charge in [-0.2, -0.15) is 10.4 Å². The summed E-state index contributed by atoms with van der Waals surface area (Å²) in [6.45, 7) is 0. The monoisotopic (exact) mass is 265 g/mol. The zero-order valence-corrected chi connectivity index (χ0v) is 11.3. The van der Waals surface area contributed by atoms with Crippen molar-refractivity contribution < 1.29 is 5.11 Å². The summed E-state index contributed by atoms with van der Waals surface area (Å²) in [6.07, 6.45) is 3.81. The van der Waals surface area contributed by atoms with Crippen molar-refractivity contribution in [3.05, 3.63) is 36.0 Å². The highest BCUT2D eigenvalue weighted by atomic mass is 16.3. The molecule has 0 aliphatic heterocycles. The first-order valence-electron chi connectivity index (χ1n) is 6.40. The predicted molar refractivity (Wildman–Crippen MR) is 76.7 cm³/mol. The van der Waals surface area contributed by atoms with Gasteiger partial charge in [0.25, 0.3) is 0 Å². The molecule has 1 N–H and O–H groups in total. The molecule has 2 rings (SSSR count). The Morgan fingerprint density at radius 1 is 1.30 bits per heavy atom. The van der Waals surface area contributed by atoms with Crippen molar-refractivity contribution in [2.45, 2.75) is 19.3 Å². The maximum Gasteiger partial charge on any atom is 0.125 e. The molecule has 1 heterocycles. The van der Waals surface area contributed by atoms with Crippen LogP contribution in [0.3, 0.4) is 0 Å². The van der Waals surface area contributed by atoms with E-state index in [4.69, 9.17) is 5.26 Å². The van der Waals surface area contributed by atoms with Crippen LogP contribution in [0.2, 0.25) is 0 Å². The summed E-state index contributed by atoms with van der Waals surface area (Å²) in [4.78, 5) is 0. The number of phenolic OH excluding ortho intramolecular Hbond substituents is 1. The Labute approximate surface area is 118 Å². The van der Waals surface area contributed by atoms with E-state index in [1.165, 1.54) is 0 Å². The van der Waals surface area contributed by atoms with Crippen molar-refractivity contribution >= 4 is 0 Å². The second-order valence-electron chi connectivity index (χ2n) is 4.40. The van der Waals surface area contributed by atoms with Gasteiger partial charge < -0.3 is 5.11 Å². The van der Waals surface area contributed by atoms with Crippen LogP contribution in [0.15, 0.2) is 30.5 Å². The second kappa shape index (κ2) is 6.45. The van der Waals surface area contributed by atoms with E-state index in [1.807, 2.05) is 25.4 Å². The minimum absolute atomic E-state index is 0.193. The molecule has 100 valence electrons. The lowest BCUT2D eigenvalue weighted by Gasteiger charge is -2.00. The van der Waals surface area contributed by atoms with E-state index >= 15 is 0 Å². The summed E-state index contributed by atoms with van der Waals surface area (Å²) in [7, 11) is 1.82. The molecule has 0 bridgehead atoms. The lowest BCUT2D eigenvalue weighted by molar-refractivity contribution is 0.477. The number of benzene rings is 1. The van der Waals surface area contributed by atoms with Gasteiger partial charge in [-0.1, -0.05) is 24.0 Å². The number of aryl methyl sites for hydroxylation is 1. The van der Waals surface area contributed by atoms with Gasteiger partial charge in [-0.15, -0.1) is 0 Å². The van der Waals surface area contributed by atoms with Gasteiger partial charge in [0.1, 0.15) is 11.4 Å². The van der Waals surface area contributed by atoms with Crippen LogP contribution < -0.4 is 0 Å². The third-order valence-electron chi connectivity index (χ3n) is 2.80. The Hall–Kier alpha value is -2.72. The summed E-state index contributed by atoms with van der Waals surface area (Å²) in [5.41, 5.74) is 2.14. The highest BCUT2D eigenvalue weighted by Gasteiger charge is 2.11. The molecule has 1 aromatic carbocycles. The van der Waals surface area contributed by atoms with Crippen LogP contribution in [-0.4, -0.2) is 14.9 Å². The third kappa shape index (κ3) is 3.18. The van der Waals surface area contributed by atoms with E-state index in [0.29, 0.717) is 24.1 Å². The number of unbranched alkanes of at least 4 members (excludes halogenated alkanes) is 2. The van der Waals surface area contributed by atoms with Crippen LogP contribution in [0.5, 0.6) is 5.75 Å². The molecule has 2 aromatic rings. The van der Waals surface area contributed by atoms with Crippen molar-refractivity contribution in [1.82, 2.24) is 9.78 Å². The largest absolute Gasteiger partial charge is 0.507 e. The maximum absolute atomic E-state index is 9.91. The number of phenols is 1. The summed E-state index contributed by atoms with van der Waals surface area (Å²) in [6, 6.07) is 9.18. The van der Waals surface area contributed by atoms with Gasteiger partial charge >= 0.3 is 0 Å². The van der Waals surface area contributed by atoms with E-state index in [2.05, 4.69) is 23.0 Å². The SMILES string of the molecule is Cn1cc(C#CCCCC#N)c(-c2ccccc2O)n1. The molecule has 0 atom stereocenters. The summed E-state index contributed by atoms with van der Waals surface area (Å²) >= 11 is 0. The molecule has 0 saturated heterocycles. The van der Waals surface area contributed by atoms with E-state index in [1.54, 1.807) is 16.8 Å². The lowest BCUT2D eigenvalue weighted by Crippen LogP contribution is -1.88. The number of hydrogen-bond acceptors (Lipinski definition) is 3. The van der Waals surface area contributed by atoms with Gasteiger partial charge in [-0.05, 0) is 18.6 Å². The first-order valence-corrected chi connectivity index (χ1v) is 6.40. The molecule has 0 fully saturated rings. The summed E-state index contributed by atoms with van der Waals surface area (Å²) in [5.74, 6) is 6.30. The van der Waals surface area contributed by atoms with Crippen LogP contribution in [0.1, 0.15) is 24.8 Å². The molecule has 0 spiro atoms. The summed E-state index contributed by atoms with van der Waals surface area (Å²) in [5, 5.41) is 22.7. The number of rotatable bonds is 3. The Morgan fingerprint density at radius 2 is 2.10 bits per heavy atom. The predicted octanol–water partition coefficient (Wildman–Crippen LogP) is 2.84. The number of nitriles is 1. The Balaban J connectivity index is 2.28. The first kappa shape index (κ1) is 13.7. The van der Waals surface area contributed by atoms with Gasteiger partial charge in [0.05, 0.1) is 11.6 Å². The topological polar surface area (TPSA) is 61.8 Å². The van der Waals surface area contributed by atoms with E-state index in [9.17, 15) is 5.11 Å². The average Bonchev–Trinajstić information content (AvgIpc) is 2.80. The summed E-state index contributed by atoms with van der Waals surface area (Å²) < 4.78 is 1.68. The van der Waals surface area contributed by atoms with Gasteiger partial charge in [0.15, 0.2) is 0 Å². The van der Waals surface area contributed by atoms with Crippen molar-refractivity contribution in [2.24, 2.45) is 7.05 Å². The van der Waals surface area contributed by atoms with Gasteiger partial charge in [0.2, 0.25) is 0 Å². The first-order chi connectivity index (χ1) is 9.72. The number of nitrogens with zero attached hydrogens (tertiary/aromatic N) is 3. The zero-order chi connectivity index (χ0) is 14.4. The fraction of sp³-hybridized carbons (Fsp3) is 0.250. The van der Waals surface area contributed by atoms with Crippen molar-refractivity contribution in [2.75, 3.05) is 0 Å². The molecule has 1 aromatic heterocycles. The van der Waals surface area contributed by atoms with Crippen LogP contribution >= 0.6 is 0 Å².